The fraction of sp³-hybridized carbons (Fsp3) is 0.222. The lowest BCUT2D eigenvalue weighted by Gasteiger charge is -2.09. The standard InChI is InChI=1S/C18H16ClN3O4S/c1-9-10(2)27-17(21-11(3)23)16(9)18(25)26-8-15(24)22-14-6-13(19)5-4-12(14)7-20/h4-6H,8H2,1-3H3,(H,21,23)(H,22,24). The Morgan fingerprint density at radius 1 is 1.26 bits per heavy atom. The average Bonchev–Trinajstić information content (AvgIpc) is 2.86. The molecule has 0 aliphatic heterocycles. The van der Waals surface area contributed by atoms with Crippen LogP contribution in [0.5, 0.6) is 0 Å². The third kappa shape index (κ3) is 5.06. The van der Waals surface area contributed by atoms with Crippen LogP contribution in [0.4, 0.5) is 10.7 Å². The molecular formula is C18H16ClN3O4S. The third-order valence-corrected chi connectivity index (χ3v) is 4.95. The number of benzene rings is 1. The Balaban J connectivity index is 2.08. The van der Waals surface area contributed by atoms with E-state index in [-0.39, 0.29) is 22.7 Å². The molecule has 0 aliphatic carbocycles. The van der Waals surface area contributed by atoms with Gasteiger partial charge in [-0.05, 0) is 37.6 Å². The molecule has 0 unspecified atom stereocenters. The summed E-state index contributed by atoms with van der Waals surface area (Å²) < 4.78 is 5.07. The summed E-state index contributed by atoms with van der Waals surface area (Å²) in [7, 11) is 0. The second kappa shape index (κ2) is 8.66. The molecular weight excluding hydrogens is 390 g/mol. The number of carbonyl (C=O) groups excluding carboxylic acids is 3. The molecule has 0 bridgehead atoms. The van der Waals surface area contributed by atoms with Crippen LogP contribution in [-0.2, 0) is 14.3 Å². The molecule has 2 aromatic rings. The molecule has 0 saturated carbocycles. The van der Waals surface area contributed by atoms with E-state index in [9.17, 15) is 14.4 Å². The van der Waals surface area contributed by atoms with Crippen LogP contribution >= 0.6 is 22.9 Å². The third-order valence-electron chi connectivity index (χ3n) is 3.59. The lowest BCUT2D eigenvalue weighted by molar-refractivity contribution is -0.119. The number of amides is 2. The number of aryl methyl sites for hydroxylation is 1. The average molecular weight is 406 g/mol. The summed E-state index contributed by atoms with van der Waals surface area (Å²) in [5, 5.41) is 14.9. The second-order valence-electron chi connectivity index (χ2n) is 5.59. The highest BCUT2D eigenvalue weighted by Gasteiger charge is 2.22. The summed E-state index contributed by atoms with van der Waals surface area (Å²) in [5.74, 6) is -1.65. The first kappa shape index (κ1) is 20.4. The molecule has 0 saturated heterocycles. The van der Waals surface area contributed by atoms with Gasteiger partial charge in [0, 0.05) is 16.8 Å². The molecule has 7 nitrogen and oxygen atoms in total. The number of esters is 1. The highest BCUT2D eigenvalue weighted by Crippen LogP contribution is 2.33. The molecule has 27 heavy (non-hydrogen) atoms. The van der Waals surface area contributed by atoms with Crippen molar-refractivity contribution < 1.29 is 19.1 Å². The van der Waals surface area contributed by atoms with Crippen molar-refractivity contribution >= 4 is 51.4 Å². The van der Waals surface area contributed by atoms with Crippen LogP contribution in [-0.4, -0.2) is 24.4 Å². The molecule has 0 atom stereocenters. The van der Waals surface area contributed by atoms with Gasteiger partial charge in [-0.2, -0.15) is 5.26 Å². The SMILES string of the molecule is CC(=O)Nc1sc(C)c(C)c1C(=O)OCC(=O)Nc1cc(Cl)ccc1C#N. The van der Waals surface area contributed by atoms with Crippen LogP contribution < -0.4 is 10.6 Å². The second-order valence-corrected chi connectivity index (χ2v) is 7.26. The monoisotopic (exact) mass is 405 g/mol. The number of carbonyl (C=O) groups is 3. The first-order chi connectivity index (χ1) is 12.7. The van der Waals surface area contributed by atoms with E-state index in [0.717, 1.165) is 4.88 Å². The van der Waals surface area contributed by atoms with Crippen LogP contribution in [0, 0.1) is 25.2 Å². The van der Waals surface area contributed by atoms with Crippen molar-refractivity contribution in [2.45, 2.75) is 20.8 Å². The number of halogens is 1. The Morgan fingerprint density at radius 2 is 1.96 bits per heavy atom. The van der Waals surface area contributed by atoms with E-state index < -0.39 is 18.5 Å². The van der Waals surface area contributed by atoms with Gasteiger partial charge >= 0.3 is 5.97 Å². The van der Waals surface area contributed by atoms with E-state index in [1.165, 1.54) is 36.5 Å². The molecule has 1 aromatic heterocycles. The molecule has 2 N–H and O–H groups in total. The molecule has 1 heterocycles. The maximum Gasteiger partial charge on any atom is 0.341 e. The number of rotatable bonds is 5. The first-order valence-electron chi connectivity index (χ1n) is 7.77. The zero-order valence-corrected chi connectivity index (χ0v) is 16.4. The molecule has 0 radical (unpaired) electrons. The fourth-order valence-corrected chi connectivity index (χ4v) is 3.49. The van der Waals surface area contributed by atoms with Crippen LogP contribution in [0.3, 0.4) is 0 Å². The van der Waals surface area contributed by atoms with E-state index >= 15 is 0 Å². The van der Waals surface area contributed by atoms with Gasteiger partial charge in [0.05, 0.1) is 16.8 Å². The Labute approximate surface area is 164 Å². The quantitative estimate of drug-likeness (QED) is 0.738. The van der Waals surface area contributed by atoms with Crippen molar-refractivity contribution in [1.29, 1.82) is 5.26 Å². The summed E-state index contributed by atoms with van der Waals surface area (Å²) >= 11 is 7.12. The van der Waals surface area contributed by atoms with Gasteiger partial charge in [0.2, 0.25) is 5.91 Å². The fourth-order valence-electron chi connectivity index (χ4n) is 2.23. The number of ether oxygens (including phenoxy) is 1. The maximum absolute atomic E-state index is 12.4. The van der Waals surface area contributed by atoms with Crippen LogP contribution in [0.15, 0.2) is 18.2 Å². The summed E-state index contributed by atoms with van der Waals surface area (Å²) in [6.07, 6.45) is 0. The van der Waals surface area contributed by atoms with Gasteiger partial charge in [0.1, 0.15) is 11.1 Å². The predicted molar refractivity (Wildman–Crippen MR) is 103 cm³/mol. The lowest BCUT2D eigenvalue weighted by Crippen LogP contribution is -2.22. The zero-order chi connectivity index (χ0) is 20.1. The summed E-state index contributed by atoms with van der Waals surface area (Å²) in [5.41, 5.74) is 1.36. The van der Waals surface area contributed by atoms with Crippen molar-refractivity contribution in [2.24, 2.45) is 0 Å². The van der Waals surface area contributed by atoms with Gasteiger partial charge in [-0.25, -0.2) is 4.79 Å². The minimum Gasteiger partial charge on any atom is -0.452 e. The van der Waals surface area contributed by atoms with Gasteiger partial charge in [-0.15, -0.1) is 11.3 Å². The van der Waals surface area contributed by atoms with E-state index in [0.29, 0.717) is 15.6 Å². The number of hydrogen-bond acceptors (Lipinski definition) is 6. The molecule has 2 amide bonds. The Hall–Kier alpha value is -2.89. The molecule has 9 heteroatoms. The van der Waals surface area contributed by atoms with Crippen LogP contribution in [0.25, 0.3) is 0 Å². The number of nitrogens with zero attached hydrogens (tertiary/aromatic N) is 1. The number of nitriles is 1. The smallest absolute Gasteiger partial charge is 0.341 e. The van der Waals surface area contributed by atoms with E-state index in [1.54, 1.807) is 6.92 Å². The van der Waals surface area contributed by atoms with Crippen LogP contribution in [0.1, 0.15) is 33.3 Å². The van der Waals surface area contributed by atoms with Gasteiger partial charge in [0.15, 0.2) is 6.61 Å². The molecule has 1 aromatic carbocycles. The minimum atomic E-state index is -0.720. The Bertz CT molecular complexity index is 962. The highest BCUT2D eigenvalue weighted by atomic mass is 35.5. The van der Waals surface area contributed by atoms with Crippen molar-refractivity contribution in [3.05, 3.63) is 44.8 Å². The van der Waals surface area contributed by atoms with E-state index in [4.69, 9.17) is 21.6 Å². The van der Waals surface area contributed by atoms with Gasteiger partial charge < -0.3 is 15.4 Å². The van der Waals surface area contributed by atoms with E-state index in [2.05, 4.69) is 10.6 Å². The number of nitrogens with one attached hydrogen (secondary N) is 2. The normalized spacial score (nSPS) is 10.0. The largest absolute Gasteiger partial charge is 0.452 e. The van der Waals surface area contributed by atoms with Gasteiger partial charge in [-0.3, -0.25) is 9.59 Å². The lowest BCUT2D eigenvalue weighted by atomic mass is 10.1. The summed E-state index contributed by atoms with van der Waals surface area (Å²) in [6, 6.07) is 6.37. The molecule has 0 fully saturated rings. The predicted octanol–water partition coefficient (Wildman–Crippen LogP) is 3.64. The maximum atomic E-state index is 12.4. The molecule has 2 rings (SSSR count). The Kier molecular flexibility index (Phi) is 6.55. The highest BCUT2D eigenvalue weighted by molar-refractivity contribution is 7.16. The number of thiophene rings is 1. The minimum absolute atomic E-state index is 0.223. The zero-order valence-electron chi connectivity index (χ0n) is 14.8. The summed E-state index contributed by atoms with van der Waals surface area (Å²) in [6.45, 7) is 4.34. The van der Waals surface area contributed by atoms with Gasteiger partial charge in [0.25, 0.3) is 5.91 Å². The van der Waals surface area contributed by atoms with Crippen molar-refractivity contribution in [3.8, 4) is 6.07 Å². The van der Waals surface area contributed by atoms with Crippen molar-refractivity contribution in [3.63, 3.8) is 0 Å². The number of anilines is 2. The van der Waals surface area contributed by atoms with Crippen molar-refractivity contribution in [1.82, 2.24) is 0 Å². The topological polar surface area (TPSA) is 108 Å². The van der Waals surface area contributed by atoms with Gasteiger partial charge in [-0.1, -0.05) is 11.6 Å². The van der Waals surface area contributed by atoms with Crippen LogP contribution in [0.2, 0.25) is 5.02 Å². The Morgan fingerprint density at radius 3 is 2.59 bits per heavy atom. The molecule has 0 aliphatic rings. The van der Waals surface area contributed by atoms with Crippen molar-refractivity contribution in [2.75, 3.05) is 17.2 Å². The number of hydrogen-bond donors (Lipinski definition) is 2. The summed E-state index contributed by atoms with van der Waals surface area (Å²) in [4.78, 5) is 36.6. The molecule has 140 valence electrons. The molecule has 0 spiro atoms. The first-order valence-corrected chi connectivity index (χ1v) is 8.96. The van der Waals surface area contributed by atoms with E-state index in [1.807, 2.05) is 13.0 Å².